The number of carboxylic acid groups (broad SMARTS) is 2. The second-order valence-electron chi connectivity index (χ2n) is 8.06. The van der Waals surface area contributed by atoms with Crippen molar-refractivity contribution >= 4 is 35.6 Å². The van der Waals surface area contributed by atoms with Crippen LogP contribution in [-0.2, 0) is 28.8 Å². The van der Waals surface area contributed by atoms with Crippen LogP contribution in [0.5, 0.6) is 0 Å². The predicted octanol–water partition coefficient (Wildman–Crippen LogP) is -2.10. The monoisotopic (exact) mass is 459 g/mol. The number of carboxylic acids is 2. The van der Waals surface area contributed by atoms with E-state index >= 15 is 0 Å². The molecule has 0 spiro atoms. The van der Waals surface area contributed by atoms with Gasteiger partial charge in [-0.2, -0.15) is 0 Å². The first-order valence-electron chi connectivity index (χ1n) is 10.1. The Kier molecular flexibility index (Phi) is 11.9. The Morgan fingerprint density at radius 2 is 1.31 bits per heavy atom. The van der Waals surface area contributed by atoms with Gasteiger partial charge in [0.05, 0.1) is 12.5 Å². The molecule has 182 valence electrons. The number of nitrogens with one attached hydrogen (secondary N) is 3. The lowest BCUT2D eigenvalue weighted by Crippen LogP contribution is -2.59. The highest BCUT2D eigenvalue weighted by Crippen LogP contribution is 2.07. The Morgan fingerprint density at radius 1 is 0.781 bits per heavy atom. The predicted molar refractivity (Wildman–Crippen MR) is 112 cm³/mol. The van der Waals surface area contributed by atoms with E-state index in [0.717, 1.165) is 0 Å². The van der Waals surface area contributed by atoms with E-state index in [2.05, 4.69) is 16.0 Å². The molecule has 0 rings (SSSR count). The van der Waals surface area contributed by atoms with Gasteiger partial charge in [-0.05, 0) is 18.3 Å². The van der Waals surface area contributed by atoms with Crippen LogP contribution in [0, 0.1) is 11.8 Å². The van der Waals surface area contributed by atoms with Gasteiger partial charge in [0.1, 0.15) is 18.1 Å². The molecule has 0 heterocycles. The first-order valence-corrected chi connectivity index (χ1v) is 10.1. The lowest BCUT2D eigenvalue weighted by Gasteiger charge is -2.27. The summed E-state index contributed by atoms with van der Waals surface area (Å²) in [6.07, 6.45) is -1.24. The summed E-state index contributed by atoms with van der Waals surface area (Å²) in [6, 6.07) is -5.10. The molecule has 0 aromatic rings. The number of rotatable bonds is 14. The summed E-state index contributed by atoms with van der Waals surface area (Å²) in [6.45, 7) is 6.56. The molecule has 0 aromatic heterocycles. The van der Waals surface area contributed by atoms with Crippen LogP contribution >= 0.6 is 0 Å². The van der Waals surface area contributed by atoms with Crippen molar-refractivity contribution in [2.24, 2.45) is 23.3 Å². The third-order valence-electron chi connectivity index (χ3n) is 4.57. The average Bonchev–Trinajstić information content (AvgIpc) is 2.66. The summed E-state index contributed by atoms with van der Waals surface area (Å²) in [5, 5.41) is 24.9. The molecule has 0 radical (unpaired) electrons. The lowest BCUT2D eigenvalue weighted by atomic mass is 10.0. The van der Waals surface area contributed by atoms with E-state index in [1.165, 1.54) is 0 Å². The molecular weight excluding hydrogens is 426 g/mol. The molecule has 4 amide bonds. The van der Waals surface area contributed by atoms with E-state index in [0.29, 0.717) is 0 Å². The highest BCUT2D eigenvalue weighted by molar-refractivity contribution is 5.95. The molecule has 13 nitrogen and oxygen atoms in total. The Balaban J connectivity index is 5.51. The van der Waals surface area contributed by atoms with E-state index in [1.807, 2.05) is 0 Å². The number of primary amides is 1. The zero-order valence-corrected chi connectivity index (χ0v) is 18.6. The molecule has 0 fully saturated rings. The Hall–Kier alpha value is -3.22. The molecule has 0 aromatic carbocycles. The maximum atomic E-state index is 12.8. The summed E-state index contributed by atoms with van der Waals surface area (Å²) in [7, 11) is 0. The molecule has 0 aliphatic heterocycles. The third-order valence-corrected chi connectivity index (χ3v) is 4.57. The molecule has 9 N–H and O–H groups in total. The van der Waals surface area contributed by atoms with Crippen LogP contribution in [-0.4, -0.2) is 69.9 Å². The summed E-state index contributed by atoms with van der Waals surface area (Å²) in [5.41, 5.74) is 10.9. The molecule has 0 bridgehead atoms. The van der Waals surface area contributed by atoms with Gasteiger partial charge in [0.25, 0.3) is 0 Å². The number of nitrogens with two attached hydrogens (primary N) is 2. The van der Waals surface area contributed by atoms with Gasteiger partial charge in [-0.15, -0.1) is 0 Å². The minimum Gasteiger partial charge on any atom is -0.481 e. The van der Waals surface area contributed by atoms with Crippen LogP contribution in [0.1, 0.15) is 47.0 Å². The fourth-order valence-electron chi connectivity index (χ4n) is 2.55. The standard InChI is InChI=1S/C19H33N5O8/c1-8(2)14(21)17(29)22-10(5-6-12(20)25)16(28)24-15(9(3)4)18(30)23-11(19(31)32)7-13(26)27/h8-11,14-15H,5-7,21H2,1-4H3,(H2,20,25)(H,22,29)(H,23,30)(H,24,28)(H,26,27)(H,31,32). The van der Waals surface area contributed by atoms with Crippen LogP contribution < -0.4 is 27.4 Å². The van der Waals surface area contributed by atoms with Gasteiger partial charge < -0.3 is 37.6 Å². The van der Waals surface area contributed by atoms with Gasteiger partial charge in [0, 0.05) is 6.42 Å². The van der Waals surface area contributed by atoms with Gasteiger partial charge in [0.15, 0.2) is 0 Å². The molecule has 4 atom stereocenters. The smallest absolute Gasteiger partial charge is 0.326 e. The zero-order valence-electron chi connectivity index (χ0n) is 18.6. The van der Waals surface area contributed by atoms with Gasteiger partial charge in [-0.3, -0.25) is 24.0 Å². The lowest BCUT2D eigenvalue weighted by molar-refractivity contribution is -0.147. The average molecular weight is 460 g/mol. The van der Waals surface area contributed by atoms with E-state index in [9.17, 15) is 28.8 Å². The number of carbonyl (C=O) groups excluding carboxylic acids is 4. The fourth-order valence-corrected chi connectivity index (χ4v) is 2.55. The molecule has 13 heteroatoms. The van der Waals surface area contributed by atoms with Crippen LogP contribution in [0.3, 0.4) is 0 Å². The van der Waals surface area contributed by atoms with Gasteiger partial charge >= 0.3 is 11.9 Å². The van der Waals surface area contributed by atoms with E-state index in [1.54, 1.807) is 27.7 Å². The van der Waals surface area contributed by atoms with Crippen molar-refractivity contribution in [1.29, 1.82) is 0 Å². The van der Waals surface area contributed by atoms with Crippen LogP contribution in [0.4, 0.5) is 0 Å². The van der Waals surface area contributed by atoms with Crippen molar-refractivity contribution in [2.45, 2.75) is 71.1 Å². The maximum absolute atomic E-state index is 12.8. The quantitative estimate of drug-likeness (QED) is 0.151. The first-order chi connectivity index (χ1) is 14.7. The Labute approximate surface area is 185 Å². The molecule has 0 aliphatic carbocycles. The molecule has 32 heavy (non-hydrogen) atoms. The normalized spacial score (nSPS) is 14.7. The Morgan fingerprint density at radius 3 is 1.72 bits per heavy atom. The molecule has 4 unspecified atom stereocenters. The second-order valence-corrected chi connectivity index (χ2v) is 8.06. The molecule has 0 aliphatic rings. The van der Waals surface area contributed by atoms with Gasteiger partial charge in [0.2, 0.25) is 23.6 Å². The van der Waals surface area contributed by atoms with Crippen molar-refractivity contribution in [2.75, 3.05) is 0 Å². The summed E-state index contributed by atoms with van der Waals surface area (Å²) >= 11 is 0. The molecule has 0 saturated carbocycles. The number of aliphatic carboxylic acids is 2. The number of amides is 4. The highest BCUT2D eigenvalue weighted by atomic mass is 16.4. The van der Waals surface area contributed by atoms with Crippen molar-refractivity contribution in [3.05, 3.63) is 0 Å². The fraction of sp³-hybridized carbons (Fsp3) is 0.684. The largest absolute Gasteiger partial charge is 0.481 e. The Bertz CT molecular complexity index is 725. The minimum atomic E-state index is -1.70. The van der Waals surface area contributed by atoms with Crippen molar-refractivity contribution < 1.29 is 39.0 Å². The molecule has 0 saturated heterocycles. The minimum absolute atomic E-state index is 0.152. The second kappa shape index (κ2) is 13.2. The third kappa shape index (κ3) is 10.2. The number of hydrogen-bond donors (Lipinski definition) is 7. The van der Waals surface area contributed by atoms with Gasteiger partial charge in [-0.1, -0.05) is 27.7 Å². The van der Waals surface area contributed by atoms with E-state index in [4.69, 9.17) is 21.7 Å². The summed E-state index contributed by atoms with van der Waals surface area (Å²) in [5.74, 6) is -6.81. The van der Waals surface area contributed by atoms with Gasteiger partial charge in [-0.25, -0.2) is 4.79 Å². The number of carbonyl (C=O) groups is 6. The first kappa shape index (κ1) is 28.8. The SMILES string of the molecule is CC(C)C(N)C(=O)NC(CCC(N)=O)C(=O)NC(C(=O)NC(CC(=O)O)C(=O)O)C(C)C. The maximum Gasteiger partial charge on any atom is 0.326 e. The molecular formula is C19H33N5O8. The van der Waals surface area contributed by atoms with Crippen molar-refractivity contribution in [3.63, 3.8) is 0 Å². The van der Waals surface area contributed by atoms with Crippen LogP contribution in [0.15, 0.2) is 0 Å². The van der Waals surface area contributed by atoms with Crippen molar-refractivity contribution in [1.82, 2.24) is 16.0 Å². The van der Waals surface area contributed by atoms with E-state index in [-0.39, 0.29) is 18.8 Å². The van der Waals surface area contributed by atoms with Crippen molar-refractivity contribution in [3.8, 4) is 0 Å². The number of hydrogen-bond acceptors (Lipinski definition) is 7. The van der Waals surface area contributed by atoms with E-state index < -0.39 is 72.1 Å². The summed E-state index contributed by atoms with van der Waals surface area (Å²) < 4.78 is 0. The topological polar surface area (TPSA) is 231 Å². The summed E-state index contributed by atoms with van der Waals surface area (Å²) in [4.78, 5) is 70.8. The highest BCUT2D eigenvalue weighted by Gasteiger charge is 2.32. The zero-order chi connectivity index (χ0) is 25.2. The van der Waals surface area contributed by atoms with Crippen LogP contribution in [0.25, 0.3) is 0 Å². The van der Waals surface area contributed by atoms with Crippen LogP contribution in [0.2, 0.25) is 0 Å².